The van der Waals surface area contributed by atoms with Crippen LogP contribution in [0.25, 0.3) is 0 Å². The lowest BCUT2D eigenvalue weighted by atomic mass is 9.98. The van der Waals surface area contributed by atoms with E-state index >= 15 is 0 Å². The van der Waals surface area contributed by atoms with E-state index < -0.39 is 0 Å². The van der Waals surface area contributed by atoms with E-state index in [1.54, 1.807) is 0 Å². The Balaban J connectivity index is 1.98. The molecular formula is C9H18N2. The summed E-state index contributed by atoms with van der Waals surface area (Å²) in [5.41, 5.74) is 6.01. The Morgan fingerprint density at radius 3 is 2.82 bits per heavy atom. The maximum Gasteiger partial charge on any atom is 0.00826 e. The number of hydrogen-bond acceptors (Lipinski definition) is 2. The summed E-state index contributed by atoms with van der Waals surface area (Å²) < 4.78 is 0. The largest absolute Gasteiger partial charge is 0.327 e. The van der Waals surface area contributed by atoms with E-state index in [0.717, 1.165) is 11.8 Å². The Kier molecular flexibility index (Phi) is 1.90. The van der Waals surface area contributed by atoms with E-state index in [9.17, 15) is 0 Å². The Bertz CT molecular complexity index is 146. The number of nitrogens with zero attached hydrogens (tertiary/aromatic N) is 1. The van der Waals surface area contributed by atoms with Crippen LogP contribution < -0.4 is 5.73 Å². The van der Waals surface area contributed by atoms with E-state index in [4.69, 9.17) is 5.73 Å². The Hall–Kier alpha value is -0.0800. The minimum Gasteiger partial charge on any atom is -0.327 e. The first-order valence-corrected chi connectivity index (χ1v) is 4.79. The molecule has 2 N–H and O–H groups in total. The standard InChI is InChI=1S/C9H18N2/c1-2-11-5-7-3-4-9(10)8(7)6-11/h7-9H,2-6,10H2,1H3. The van der Waals surface area contributed by atoms with Crippen molar-refractivity contribution < 1.29 is 0 Å². The van der Waals surface area contributed by atoms with Crippen molar-refractivity contribution in [3.63, 3.8) is 0 Å². The van der Waals surface area contributed by atoms with E-state index in [1.165, 1.54) is 32.5 Å². The van der Waals surface area contributed by atoms with Gasteiger partial charge < -0.3 is 10.6 Å². The summed E-state index contributed by atoms with van der Waals surface area (Å²) in [6.07, 6.45) is 2.65. The molecule has 1 heterocycles. The molecule has 1 aliphatic carbocycles. The molecule has 0 aromatic heterocycles. The molecule has 11 heavy (non-hydrogen) atoms. The number of hydrogen-bond donors (Lipinski definition) is 1. The van der Waals surface area contributed by atoms with E-state index in [0.29, 0.717) is 6.04 Å². The van der Waals surface area contributed by atoms with Gasteiger partial charge in [-0.3, -0.25) is 0 Å². The highest BCUT2D eigenvalue weighted by atomic mass is 15.2. The van der Waals surface area contributed by atoms with Gasteiger partial charge in [0.2, 0.25) is 0 Å². The van der Waals surface area contributed by atoms with Crippen molar-refractivity contribution in [3.05, 3.63) is 0 Å². The fourth-order valence-electron chi connectivity index (χ4n) is 2.66. The Morgan fingerprint density at radius 1 is 1.36 bits per heavy atom. The van der Waals surface area contributed by atoms with Crippen LogP contribution in [-0.4, -0.2) is 30.6 Å². The first kappa shape index (κ1) is 7.56. The van der Waals surface area contributed by atoms with Crippen molar-refractivity contribution in [2.75, 3.05) is 19.6 Å². The summed E-state index contributed by atoms with van der Waals surface area (Å²) in [6, 6.07) is 0.511. The minimum absolute atomic E-state index is 0.511. The second-order valence-electron chi connectivity index (χ2n) is 4.02. The molecule has 2 rings (SSSR count). The molecule has 0 aromatic carbocycles. The SMILES string of the molecule is CCN1CC2CCC(N)C2C1. The number of rotatable bonds is 1. The van der Waals surface area contributed by atoms with Crippen LogP contribution in [0.15, 0.2) is 0 Å². The highest BCUT2D eigenvalue weighted by molar-refractivity contribution is 4.95. The topological polar surface area (TPSA) is 29.3 Å². The van der Waals surface area contributed by atoms with Crippen LogP contribution in [0.2, 0.25) is 0 Å². The summed E-state index contributed by atoms with van der Waals surface area (Å²) >= 11 is 0. The number of fused-ring (bicyclic) bond motifs is 1. The molecule has 2 fully saturated rings. The normalized spacial score (nSPS) is 44.7. The molecule has 2 heteroatoms. The molecule has 3 unspecified atom stereocenters. The fourth-order valence-corrected chi connectivity index (χ4v) is 2.66. The van der Waals surface area contributed by atoms with Crippen LogP contribution in [0.5, 0.6) is 0 Å². The molecule has 3 atom stereocenters. The smallest absolute Gasteiger partial charge is 0.00826 e. The lowest BCUT2D eigenvalue weighted by Crippen LogP contribution is -2.30. The van der Waals surface area contributed by atoms with Gasteiger partial charge in [-0.25, -0.2) is 0 Å². The van der Waals surface area contributed by atoms with E-state index in [-0.39, 0.29) is 0 Å². The van der Waals surface area contributed by atoms with Gasteiger partial charge in [-0.2, -0.15) is 0 Å². The minimum atomic E-state index is 0.511. The lowest BCUT2D eigenvalue weighted by molar-refractivity contribution is 0.322. The van der Waals surface area contributed by atoms with Crippen LogP contribution in [0.4, 0.5) is 0 Å². The van der Waals surface area contributed by atoms with Gasteiger partial charge in [-0.1, -0.05) is 6.92 Å². The highest BCUT2D eigenvalue weighted by Crippen LogP contribution is 2.36. The molecule has 0 spiro atoms. The van der Waals surface area contributed by atoms with Gasteiger partial charge in [0.1, 0.15) is 0 Å². The third-order valence-electron chi connectivity index (χ3n) is 3.44. The first-order chi connectivity index (χ1) is 5.31. The molecule has 1 saturated carbocycles. The number of nitrogens with two attached hydrogens (primary N) is 1. The van der Waals surface area contributed by atoms with Crippen molar-refractivity contribution in [2.45, 2.75) is 25.8 Å². The van der Waals surface area contributed by atoms with Crippen LogP contribution in [0, 0.1) is 11.8 Å². The monoisotopic (exact) mass is 154 g/mol. The van der Waals surface area contributed by atoms with Crippen molar-refractivity contribution in [2.24, 2.45) is 17.6 Å². The average molecular weight is 154 g/mol. The average Bonchev–Trinajstić information content (AvgIpc) is 2.53. The second kappa shape index (κ2) is 2.76. The molecule has 64 valence electrons. The van der Waals surface area contributed by atoms with Crippen molar-refractivity contribution in [1.29, 1.82) is 0 Å². The predicted molar refractivity (Wildman–Crippen MR) is 46.3 cm³/mol. The van der Waals surface area contributed by atoms with Crippen LogP contribution >= 0.6 is 0 Å². The highest BCUT2D eigenvalue weighted by Gasteiger charge is 2.40. The summed E-state index contributed by atoms with van der Waals surface area (Å²) in [5.74, 6) is 1.76. The zero-order chi connectivity index (χ0) is 7.84. The molecular weight excluding hydrogens is 136 g/mol. The Labute approximate surface area is 68.7 Å². The summed E-state index contributed by atoms with van der Waals surface area (Å²) in [5, 5.41) is 0. The van der Waals surface area contributed by atoms with Crippen LogP contribution in [0.3, 0.4) is 0 Å². The van der Waals surface area contributed by atoms with E-state index in [1.807, 2.05) is 0 Å². The molecule has 2 aliphatic rings. The molecule has 0 radical (unpaired) electrons. The molecule has 1 saturated heterocycles. The van der Waals surface area contributed by atoms with Gasteiger partial charge >= 0.3 is 0 Å². The van der Waals surface area contributed by atoms with Gasteiger partial charge in [0.25, 0.3) is 0 Å². The third-order valence-corrected chi connectivity index (χ3v) is 3.44. The van der Waals surface area contributed by atoms with Crippen molar-refractivity contribution in [1.82, 2.24) is 4.90 Å². The summed E-state index contributed by atoms with van der Waals surface area (Å²) in [4.78, 5) is 2.54. The molecule has 1 aliphatic heterocycles. The number of likely N-dealkylation sites (tertiary alicyclic amines) is 1. The Morgan fingerprint density at radius 2 is 2.18 bits per heavy atom. The summed E-state index contributed by atoms with van der Waals surface area (Å²) in [6.45, 7) is 6.03. The van der Waals surface area contributed by atoms with Gasteiger partial charge in [-0.05, 0) is 31.2 Å². The third kappa shape index (κ3) is 1.18. The van der Waals surface area contributed by atoms with Gasteiger partial charge in [0.15, 0.2) is 0 Å². The van der Waals surface area contributed by atoms with Crippen LogP contribution in [-0.2, 0) is 0 Å². The fraction of sp³-hybridized carbons (Fsp3) is 1.00. The maximum absolute atomic E-state index is 6.01. The maximum atomic E-state index is 6.01. The molecule has 2 nitrogen and oxygen atoms in total. The van der Waals surface area contributed by atoms with Gasteiger partial charge in [0.05, 0.1) is 0 Å². The second-order valence-corrected chi connectivity index (χ2v) is 4.02. The van der Waals surface area contributed by atoms with Gasteiger partial charge in [-0.15, -0.1) is 0 Å². The lowest BCUT2D eigenvalue weighted by Gasteiger charge is -2.15. The summed E-state index contributed by atoms with van der Waals surface area (Å²) in [7, 11) is 0. The first-order valence-electron chi connectivity index (χ1n) is 4.79. The predicted octanol–water partition coefficient (Wildman–Crippen LogP) is 0.675. The van der Waals surface area contributed by atoms with Gasteiger partial charge in [0, 0.05) is 19.1 Å². The van der Waals surface area contributed by atoms with Crippen LogP contribution in [0.1, 0.15) is 19.8 Å². The van der Waals surface area contributed by atoms with E-state index in [2.05, 4.69) is 11.8 Å². The van der Waals surface area contributed by atoms with Crippen molar-refractivity contribution in [3.8, 4) is 0 Å². The molecule has 0 aromatic rings. The molecule has 0 amide bonds. The zero-order valence-electron chi connectivity index (χ0n) is 7.29. The molecule has 0 bridgehead atoms. The zero-order valence-corrected chi connectivity index (χ0v) is 7.29. The van der Waals surface area contributed by atoms with Crippen molar-refractivity contribution >= 4 is 0 Å². The quantitative estimate of drug-likeness (QED) is 0.601.